The summed E-state index contributed by atoms with van der Waals surface area (Å²) in [6, 6.07) is 5.95. The first kappa shape index (κ1) is 25.6. The van der Waals surface area contributed by atoms with Gasteiger partial charge in [0.05, 0.1) is 6.61 Å². The van der Waals surface area contributed by atoms with Gasteiger partial charge in [-0.25, -0.2) is 0 Å². The smallest absolute Gasteiger partial charge is 0.303 e. The van der Waals surface area contributed by atoms with Gasteiger partial charge in [0.15, 0.2) is 18.5 Å². The van der Waals surface area contributed by atoms with Crippen molar-refractivity contribution in [1.29, 1.82) is 0 Å². The summed E-state index contributed by atoms with van der Waals surface area (Å²) in [5, 5.41) is 3.09. The Bertz CT molecular complexity index is 846. The van der Waals surface area contributed by atoms with Crippen LogP contribution in [0.4, 0.5) is 0 Å². The number of nitrogens with one attached hydrogen (secondary N) is 1. The van der Waals surface area contributed by atoms with E-state index in [9.17, 15) is 19.2 Å². The van der Waals surface area contributed by atoms with Crippen LogP contribution in [0.15, 0.2) is 24.3 Å². The van der Waals surface area contributed by atoms with Crippen LogP contribution < -0.4 is 5.32 Å². The molecule has 1 aliphatic heterocycles. The van der Waals surface area contributed by atoms with Crippen molar-refractivity contribution < 1.29 is 42.9 Å². The van der Waals surface area contributed by atoms with E-state index in [1.54, 1.807) is 24.3 Å². The summed E-state index contributed by atoms with van der Waals surface area (Å²) >= 11 is 6.18. The van der Waals surface area contributed by atoms with Crippen molar-refractivity contribution in [3.63, 3.8) is 0 Å². The highest BCUT2D eigenvalue weighted by Gasteiger charge is 2.51. The molecule has 11 heteroatoms. The van der Waals surface area contributed by atoms with E-state index >= 15 is 0 Å². The largest absolute Gasteiger partial charge is 0.463 e. The van der Waals surface area contributed by atoms with Gasteiger partial charge in [-0.15, -0.1) is 0 Å². The van der Waals surface area contributed by atoms with Gasteiger partial charge in [0.2, 0.25) is 5.91 Å². The van der Waals surface area contributed by atoms with Gasteiger partial charge in [0.25, 0.3) is 0 Å². The highest BCUT2D eigenvalue weighted by Crippen LogP contribution is 2.29. The van der Waals surface area contributed by atoms with Gasteiger partial charge >= 0.3 is 17.9 Å². The molecule has 2 rings (SSSR count). The number of hydrogen-bond donors (Lipinski definition) is 1. The molecule has 1 aromatic rings. The van der Waals surface area contributed by atoms with Crippen LogP contribution in [-0.2, 0) is 49.5 Å². The fraction of sp³-hybridized carbons (Fsp3) is 0.524. The minimum atomic E-state index is -1.18. The van der Waals surface area contributed by atoms with E-state index in [0.717, 1.165) is 0 Å². The van der Waals surface area contributed by atoms with Gasteiger partial charge in [-0.1, -0.05) is 29.8 Å². The summed E-state index contributed by atoms with van der Waals surface area (Å²) in [6.07, 6.45) is -4.53. The Morgan fingerprint density at radius 3 is 2.16 bits per heavy atom. The monoisotopic (exact) mass is 471 g/mol. The predicted octanol–water partition coefficient (Wildman–Crippen LogP) is 1.51. The molecule has 0 spiro atoms. The number of ether oxygens (including phenoxy) is 5. The summed E-state index contributed by atoms with van der Waals surface area (Å²) in [7, 11) is 0. The topological polar surface area (TPSA) is 126 Å². The second-order valence-electron chi connectivity index (χ2n) is 7.12. The minimum absolute atomic E-state index is 0.00569. The first-order chi connectivity index (χ1) is 15.1. The normalized spacial score (nSPS) is 24.8. The summed E-state index contributed by atoms with van der Waals surface area (Å²) in [5.74, 6) is -2.40. The zero-order valence-electron chi connectivity index (χ0n) is 18.2. The molecule has 0 radical (unpaired) electrons. The SMILES string of the molecule is CC(=O)N[C@@H]1[C@H](OCc2ccccc2Cl)O[C@H](COC(C)=O)[C@@H](OC(C)=O)[C@@H]1OC(C)=O. The summed E-state index contributed by atoms with van der Waals surface area (Å²) < 4.78 is 27.6. The molecule has 1 amide bonds. The summed E-state index contributed by atoms with van der Waals surface area (Å²) in [4.78, 5) is 46.8. The van der Waals surface area contributed by atoms with Crippen molar-refractivity contribution in [2.75, 3.05) is 6.61 Å². The Labute approximate surface area is 190 Å². The molecule has 0 aromatic heterocycles. The average molecular weight is 472 g/mol. The van der Waals surface area contributed by atoms with Crippen LogP contribution in [0.3, 0.4) is 0 Å². The Morgan fingerprint density at radius 1 is 0.969 bits per heavy atom. The first-order valence-electron chi connectivity index (χ1n) is 9.83. The van der Waals surface area contributed by atoms with E-state index in [2.05, 4.69) is 5.32 Å². The zero-order valence-corrected chi connectivity index (χ0v) is 18.9. The highest BCUT2D eigenvalue weighted by molar-refractivity contribution is 6.31. The number of benzene rings is 1. The minimum Gasteiger partial charge on any atom is -0.463 e. The average Bonchev–Trinajstić information content (AvgIpc) is 2.68. The molecule has 1 saturated heterocycles. The molecule has 1 aromatic carbocycles. The second-order valence-corrected chi connectivity index (χ2v) is 7.53. The van der Waals surface area contributed by atoms with Crippen LogP contribution in [0, 0.1) is 0 Å². The predicted molar refractivity (Wildman–Crippen MR) is 110 cm³/mol. The van der Waals surface area contributed by atoms with Crippen LogP contribution in [0.5, 0.6) is 0 Å². The van der Waals surface area contributed by atoms with Gasteiger partial charge < -0.3 is 29.0 Å². The van der Waals surface area contributed by atoms with Gasteiger partial charge in [-0.2, -0.15) is 0 Å². The highest BCUT2D eigenvalue weighted by atomic mass is 35.5. The van der Waals surface area contributed by atoms with E-state index in [4.69, 9.17) is 35.3 Å². The van der Waals surface area contributed by atoms with Crippen LogP contribution in [0.25, 0.3) is 0 Å². The maximum absolute atomic E-state index is 11.9. The van der Waals surface area contributed by atoms with Gasteiger partial charge in [-0.05, 0) is 11.6 Å². The van der Waals surface area contributed by atoms with Crippen molar-refractivity contribution in [2.45, 2.75) is 64.9 Å². The van der Waals surface area contributed by atoms with Crippen molar-refractivity contribution >= 4 is 35.4 Å². The lowest BCUT2D eigenvalue weighted by Gasteiger charge is -2.44. The molecule has 0 saturated carbocycles. The molecule has 5 atom stereocenters. The lowest BCUT2D eigenvalue weighted by molar-refractivity contribution is -0.280. The van der Waals surface area contributed by atoms with E-state index in [1.807, 2.05) is 0 Å². The number of halogens is 1. The van der Waals surface area contributed by atoms with Crippen LogP contribution in [0.2, 0.25) is 5.02 Å². The Kier molecular flexibility index (Phi) is 9.42. The molecule has 1 heterocycles. The van der Waals surface area contributed by atoms with Gasteiger partial charge in [0.1, 0.15) is 18.8 Å². The number of amides is 1. The number of carbonyl (C=O) groups is 4. The standard InChI is InChI=1S/C21H26ClNO9/c1-11(24)23-18-20(31-14(4)27)19(30-13(3)26)17(10-28-12(2)25)32-21(18)29-9-15-7-5-6-8-16(15)22/h5-8,17-21H,9-10H2,1-4H3,(H,23,24)/t17-,18+,19-,20-,21-/m1/s1. The Hall–Kier alpha value is -2.69. The van der Waals surface area contributed by atoms with Gasteiger partial charge in [0, 0.05) is 32.7 Å². The molecular formula is C21H26ClNO9. The molecule has 32 heavy (non-hydrogen) atoms. The Balaban J connectivity index is 2.37. The fourth-order valence-electron chi connectivity index (χ4n) is 3.22. The molecule has 1 fully saturated rings. The van der Waals surface area contributed by atoms with Crippen molar-refractivity contribution in [2.24, 2.45) is 0 Å². The summed E-state index contributed by atoms with van der Waals surface area (Å²) in [6.45, 7) is 4.52. The first-order valence-corrected chi connectivity index (χ1v) is 10.2. The maximum atomic E-state index is 11.9. The molecule has 0 bridgehead atoms. The van der Waals surface area contributed by atoms with E-state index < -0.39 is 54.5 Å². The van der Waals surface area contributed by atoms with Crippen LogP contribution in [-0.4, -0.2) is 61.1 Å². The van der Waals surface area contributed by atoms with Crippen LogP contribution in [0.1, 0.15) is 33.3 Å². The third kappa shape index (κ3) is 7.47. The number of esters is 3. The van der Waals surface area contributed by atoms with E-state index in [-0.39, 0.29) is 13.2 Å². The maximum Gasteiger partial charge on any atom is 0.303 e. The molecule has 1 N–H and O–H groups in total. The lowest BCUT2D eigenvalue weighted by Crippen LogP contribution is -2.66. The third-order valence-electron chi connectivity index (χ3n) is 4.43. The number of rotatable bonds is 8. The molecule has 0 aliphatic carbocycles. The molecule has 1 aliphatic rings. The van der Waals surface area contributed by atoms with E-state index in [1.165, 1.54) is 27.7 Å². The molecule has 10 nitrogen and oxygen atoms in total. The van der Waals surface area contributed by atoms with Crippen molar-refractivity contribution in [3.8, 4) is 0 Å². The second kappa shape index (κ2) is 11.8. The van der Waals surface area contributed by atoms with Crippen molar-refractivity contribution in [3.05, 3.63) is 34.9 Å². The quantitative estimate of drug-likeness (QED) is 0.443. The Morgan fingerprint density at radius 2 is 1.59 bits per heavy atom. The third-order valence-corrected chi connectivity index (χ3v) is 4.80. The number of hydrogen-bond acceptors (Lipinski definition) is 9. The summed E-state index contributed by atoms with van der Waals surface area (Å²) in [5.41, 5.74) is 0.655. The lowest BCUT2D eigenvalue weighted by atomic mass is 9.96. The van der Waals surface area contributed by atoms with Crippen molar-refractivity contribution in [1.82, 2.24) is 5.32 Å². The molecule has 0 unspecified atom stereocenters. The zero-order chi connectivity index (χ0) is 23.8. The van der Waals surface area contributed by atoms with Gasteiger partial charge in [-0.3, -0.25) is 19.2 Å². The van der Waals surface area contributed by atoms with E-state index in [0.29, 0.717) is 10.6 Å². The number of carbonyl (C=O) groups excluding carboxylic acids is 4. The fourth-order valence-corrected chi connectivity index (χ4v) is 3.41. The molecular weight excluding hydrogens is 446 g/mol. The molecule has 176 valence electrons. The van der Waals surface area contributed by atoms with Crippen LogP contribution >= 0.6 is 11.6 Å².